The number of aromatic amines is 1. The van der Waals surface area contributed by atoms with Crippen molar-refractivity contribution in [2.45, 2.75) is 31.1 Å². The molecule has 1 fully saturated rings. The molecular weight excluding hydrogens is 252 g/mol. The van der Waals surface area contributed by atoms with Crippen LogP contribution in [0.5, 0.6) is 0 Å². The molecule has 20 heavy (non-hydrogen) atoms. The summed E-state index contributed by atoms with van der Waals surface area (Å²) in [6.07, 6.45) is 2.94. The smallest absolute Gasteiger partial charge is 0.222 e. The lowest BCUT2D eigenvalue weighted by Crippen LogP contribution is -2.33. The highest BCUT2D eigenvalue weighted by Crippen LogP contribution is 2.54. The molecule has 3 atom stereocenters. The molecule has 0 aliphatic heterocycles. The first-order chi connectivity index (χ1) is 9.79. The molecule has 3 unspecified atom stereocenters. The third-order valence-corrected chi connectivity index (χ3v) is 4.87. The van der Waals surface area contributed by atoms with Gasteiger partial charge in [0.1, 0.15) is 0 Å². The topological polar surface area (TPSA) is 81.6 Å². The van der Waals surface area contributed by atoms with Gasteiger partial charge in [-0.1, -0.05) is 18.2 Å². The molecule has 1 heterocycles. The van der Waals surface area contributed by atoms with Gasteiger partial charge in [0.2, 0.25) is 5.91 Å². The molecule has 1 amide bonds. The standard InChI is InChI=1S/C15H14N4O/c16-19-18-15(20)11-7-8-5-6-9(11)14-13(8)10-3-1-2-4-12(10)17-14/h1-4,8-9,11,17H,5-7H2. The van der Waals surface area contributed by atoms with E-state index in [1.807, 2.05) is 6.07 Å². The molecule has 5 nitrogen and oxygen atoms in total. The number of hydrogen-bond donors (Lipinski definition) is 1. The number of rotatable bonds is 1. The number of nitrogens with one attached hydrogen (secondary N) is 1. The largest absolute Gasteiger partial charge is 0.358 e. The number of carbonyl (C=O) groups excluding carboxylic acids is 1. The van der Waals surface area contributed by atoms with Gasteiger partial charge in [0.05, 0.1) is 0 Å². The van der Waals surface area contributed by atoms with Crippen molar-refractivity contribution in [3.63, 3.8) is 0 Å². The molecule has 1 N–H and O–H groups in total. The number of amides is 1. The zero-order chi connectivity index (χ0) is 13.7. The van der Waals surface area contributed by atoms with Gasteiger partial charge >= 0.3 is 0 Å². The van der Waals surface area contributed by atoms with E-state index >= 15 is 0 Å². The Balaban J connectivity index is 1.87. The average molecular weight is 266 g/mol. The van der Waals surface area contributed by atoms with Crippen LogP contribution in [0, 0.1) is 5.92 Å². The summed E-state index contributed by atoms with van der Waals surface area (Å²) in [6, 6.07) is 8.31. The summed E-state index contributed by atoms with van der Waals surface area (Å²) in [6.45, 7) is 0. The first-order valence-corrected chi connectivity index (χ1v) is 6.99. The van der Waals surface area contributed by atoms with Crippen LogP contribution in [0.25, 0.3) is 21.3 Å². The van der Waals surface area contributed by atoms with Gasteiger partial charge < -0.3 is 4.98 Å². The van der Waals surface area contributed by atoms with Crippen LogP contribution in [-0.2, 0) is 4.79 Å². The molecule has 1 aromatic heterocycles. The summed E-state index contributed by atoms with van der Waals surface area (Å²) < 4.78 is 0. The van der Waals surface area contributed by atoms with Crippen molar-refractivity contribution in [1.29, 1.82) is 0 Å². The number of fused-ring (bicyclic) bond motifs is 3. The Hall–Kier alpha value is -2.26. The van der Waals surface area contributed by atoms with Crippen LogP contribution in [0.3, 0.4) is 0 Å². The molecule has 2 aromatic rings. The zero-order valence-corrected chi connectivity index (χ0v) is 10.9. The van der Waals surface area contributed by atoms with Crippen molar-refractivity contribution in [3.8, 4) is 0 Å². The average Bonchev–Trinajstić information content (AvgIpc) is 2.89. The second-order valence-electron chi connectivity index (χ2n) is 5.75. The molecule has 1 saturated carbocycles. The van der Waals surface area contributed by atoms with Gasteiger partial charge in [-0.2, -0.15) is 0 Å². The number of H-pyrrole nitrogens is 1. The molecule has 5 rings (SSSR count). The third kappa shape index (κ3) is 1.44. The van der Waals surface area contributed by atoms with Crippen LogP contribution >= 0.6 is 0 Å². The summed E-state index contributed by atoms with van der Waals surface area (Å²) in [5.41, 5.74) is 12.2. The van der Waals surface area contributed by atoms with Crippen LogP contribution in [-0.4, -0.2) is 10.9 Å². The Morgan fingerprint density at radius 1 is 1.35 bits per heavy atom. The number of para-hydroxylation sites is 1. The molecule has 3 aliphatic rings. The number of azide groups is 1. The fourth-order valence-corrected chi connectivity index (χ4v) is 4.09. The Morgan fingerprint density at radius 2 is 2.20 bits per heavy atom. The lowest BCUT2D eigenvalue weighted by molar-refractivity contribution is -0.123. The van der Waals surface area contributed by atoms with Crippen LogP contribution in [0.1, 0.15) is 42.4 Å². The third-order valence-electron chi connectivity index (χ3n) is 4.87. The second kappa shape index (κ2) is 4.12. The van der Waals surface area contributed by atoms with Crippen molar-refractivity contribution >= 4 is 16.8 Å². The summed E-state index contributed by atoms with van der Waals surface area (Å²) in [5.74, 6) is 0.145. The van der Waals surface area contributed by atoms with Crippen LogP contribution in [0.15, 0.2) is 29.4 Å². The minimum atomic E-state index is -0.300. The second-order valence-corrected chi connectivity index (χ2v) is 5.75. The minimum Gasteiger partial charge on any atom is -0.358 e. The fraction of sp³-hybridized carbons (Fsp3) is 0.400. The fourth-order valence-electron chi connectivity index (χ4n) is 4.09. The monoisotopic (exact) mass is 266 g/mol. The van der Waals surface area contributed by atoms with Crippen molar-refractivity contribution in [1.82, 2.24) is 4.98 Å². The highest BCUT2D eigenvalue weighted by atomic mass is 16.1. The van der Waals surface area contributed by atoms with E-state index in [9.17, 15) is 4.79 Å². The molecule has 100 valence electrons. The van der Waals surface area contributed by atoms with E-state index in [1.54, 1.807) is 0 Å². The highest BCUT2D eigenvalue weighted by molar-refractivity contribution is 5.88. The minimum absolute atomic E-state index is 0.148. The maximum atomic E-state index is 12.0. The molecule has 1 aromatic carbocycles. The van der Waals surface area contributed by atoms with Gasteiger partial charge in [-0.3, -0.25) is 4.79 Å². The van der Waals surface area contributed by atoms with Crippen molar-refractivity contribution < 1.29 is 4.79 Å². The molecule has 2 bridgehead atoms. The first kappa shape index (κ1) is 11.6. The predicted molar refractivity (Wildman–Crippen MR) is 75.3 cm³/mol. The van der Waals surface area contributed by atoms with E-state index in [1.165, 1.54) is 16.6 Å². The van der Waals surface area contributed by atoms with E-state index in [4.69, 9.17) is 5.53 Å². The normalized spacial score (nSPS) is 27.1. The summed E-state index contributed by atoms with van der Waals surface area (Å²) >= 11 is 0. The molecule has 0 spiro atoms. The van der Waals surface area contributed by atoms with Gasteiger partial charge in [-0.05, 0) is 47.5 Å². The summed E-state index contributed by atoms with van der Waals surface area (Å²) in [7, 11) is 0. The number of aromatic nitrogens is 1. The van der Waals surface area contributed by atoms with Crippen LogP contribution in [0.4, 0.5) is 0 Å². The van der Waals surface area contributed by atoms with E-state index < -0.39 is 0 Å². The van der Waals surface area contributed by atoms with Gasteiger partial charge in [-0.15, -0.1) is 0 Å². The Bertz CT molecular complexity index is 756. The summed E-state index contributed by atoms with van der Waals surface area (Å²) in [5, 5.41) is 4.61. The van der Waals surface area contributed by atoms with Crippen molar-refractivity contribution in [2.75, 3.05) is 0 Å². The number of hydrogen-bond acceptors (Lipinski definition) is 1. The van der Waals surface area contributed by atoms with E-state index in [0.717, 1.165) is 24.8 Å². The van der Waals surface area contributed by atoms with E-state index in [0.29, 0.717) is 5.92 Å². The van der Waals surface area contributed by atoms with Gasteiger partial charge in [-0.25, -0.2) is 0 Å². The Labute approximate surface area is 115 Å². The van der Waals surface area contributed by atoms with Gasteiger partial charge in [0, 0.05) is 33.3 Å². The zero-order valence-electron chi connectivity index (χ0n) is 10.9. The van der Waals surface area contributed by atoms with Crippen molar-refractivity contribution in [3.05, 3.63) is 46.0 Å². The first-order valence-electron chi connectivity index (χ1n) is 6.99. The van der Waals surface area contributed by atoms with Gasteiger partial charge in [0.15, 0.2) is 0 Å². The molecular formula is C15H14N4O. The number of nitrogens with zero attached hydrogens (tertiary/aromatic N) is 3. The SMILES string of the molecule is [N-]=[N+]=NC(=O)C1CC2CCC1c1[nH]c3ccccc3c12. The van der Waals surface area contributed by atoms with Crippen LogP contribution in [0.2, 0.25) is 0 Å². The van der Waals surface area contributed by atoms with Crippen LogP contribution < -0.4 is 0 Å². The Kier molecular flexibility index (Phi) is 2.38. The predicted octanol–water partition coefficient (Wildman–Crippen LogP) is 3.99. The molecule has 5 heteroatoms. The summed E-state index contributed by atoms with van der Waals surface area (Å²) in [4.78, 5) is 18.1. The lowest BCUT2D eigenvalue weighted by Gasteiger charge is -2.41. The lowest BCUT2D eigenvalue weighted by atomic mass is 9.63. The Morgan fingerprint density at radius 3 is 3.05 bits per heavy atom. The number of carbonyl (C=O) groups is 1. The molecule has 0 radical (unpaired) electrons. The molecule has 0 saturated heterocycles. The number of benzene rings is 1. The van der Waals surface area contributed by atoms with E-state index in [2.05, 4.69) is 33.2 Å². The highest BCUT2D eigenvalue weighted by Gasteiger charge is 2.44. The quantitative estimate of drug-likeness (QED) is 0.472. The molecule has 3 aliphatic carbocycles. The maximum Gasteiger partial charge on any atom is 0.222 e. The van der Waals surface area contributed by atoms with E-state index in [-0.39, 0.29) is 17.7 Å². The van der Waals surface area contributed by atoms with Crippen molar-refractivity contribution in [2.24, 2.45) is 11.0 Å². The maximum absolute atomic E-state index is 12.0. The van der Waals surface area contributed by atoms with Gasteiger partial charge in [0.25, 0.3) is 0 Å².